The monoisotopic (exact) mass is 285 g/mol. The molecule has 100 valence electrons. The second-order valence-corrected chi connectivity index (χ2v) is 5.29. The normalized spacial score (nSPS) is 10.4. The fourth-order valence-electron chi connectivity index (χ4n) is 1.91. The van der Waals surface area contributed by atoms with E-state index in [4.69, 9.17) is 5.11 Å². The van der Waals surface area contributed by atoms with Gasteiger partial charge in [0, 0.05) is 17.3 Å². The van der Waals surface area contributed by atoms with E-state index in [-0.39, 0.29) is 12.2 Å². The Morgan fingerprint density at radius 2 is 2.20 bits per heavy atom. The summed E-state index contributed by atoms with van der Waals surface area (Å²) in [5, 5.41) is 12.7. The molecule has 3 aromatic heterocycles. The van der Waals surface area contributed by atoms with Crippen molar-refractivity contribution in [3.8, 4) is 11.8 Å². The molecule has 5 nitrogen and oxygen atoms in total. The third-order valence-corrected chi connectivity index (χ3v) is 3.80. The van der Waals surface area contributed by atoms with Gasteiger partial charge in [-0.2, -0.15) is 5.10 Å². The molecule has 0 aliphatic carbocycles. The Balaban J connectivity index is 1.91. The molecule has 0 radical (unpaired) electrons. The number of nitrogens with zero attached hydrogens (tertiary/aromatic N) is 3. The van der Waals surface area contributed by atoms with Gasteiger partial charge in [0.2, 0.25) is 0 Å². The van der Waals surface area contributed by atoms with Crippen LogP contribution in [-0.2, 0) is 6.54 Å². The van der Waals surface area contributed by atoms with Crippen LogP contribution in [0.5, 0.6) is 0 Å². The largest absolute Gasteiger partial charge is 0.384 e. The van der Waals surface area contributed by atoms with Crippen molar-refractivity contribution in [3.05, 3.63) is 56.9 Å². The van der Waals surface area contributed by atoms with Crippen molar-refractivity contribution >= 4 is 16.9 Å². The summed E-state index contributed by atoms with van der Waals surface area (Å²) in [7, 11) is 0. The van der Waals surface area contributed by atoms with Gasteiger partial charge in [0.1, 0.15) is 12.1 Å². The zero-order valence-corrected chi connectivity index (χ0v) is 11.3. The number of hydrogen-bond donors (Lipinski definition) is 1. The van der Waals surface area contributed by atoms with E-state index in [0.29, 0.717) is 12.1 Å². The third kappa shape index (κ3) is 2.37. The Kier molecular flexibility index (Phi) is 3.37. The highest BCUT2D eigenvalue weighted by Gasteiger charge is 2.05. The summed E-state index contributed by atoms with van der Waals surface area (Å²) < 4.78 is 3.21. The van der Waals surface area contributed by atoms with Gasteiger partial charge in [0.15, 0.2) is 0 Å². The first-order valence-electron chi connectivity index (χ1n) is 5.99. The number of aromatic nitrogens is 3. The molecular formula is C14H11N3O2S. The predicted octanol–water partition coefficient (Wildman–Crippen LogP) is 0.950. The van der Waals surface area contributed by atoms with Gasteiger partial charge in [-0.1, -0.05) is 11.8 Å². The van der Waals surface area contributed by atoms with Crippen LogP contribution < -0.4 is 5.56 Å². The second kappa shape index (κ2) is 5.33. The van der Waals surface area contributed by atoms with E-state index in [1.165, 1.54) is 11.3 Å². The van der Waals surface area contributed by atoms with Crippen LogP contribution in [0.15, 0.2) is 41.6 Å². The molecule has 3 aromatic rings. The second-order valence-electron chi connectivity index (χ2n) is 4.12. The van der Waals surface area contributed by atoms with Gasteiger partial charge in [-0.3, -0.25) is 4.79 Å². The van der Waals surface area contributed by atoms with E-state index >= 15 is 0 Å². The lowest BCUT2D eigenvalue weighted by atomic mass is 10.4. The Labute approximate surface area is 118 Å². The molecule has 0 saturated heterocycles. The molecule has 0 amide bonds. The van der Waals surface area contributed by atoms with Crippen molar-refractivity contribution in [3.63, 3.8) is 0 Å². The standard InChI is InChI=1S/C14H11N3O2S/c18-9-1-2-11-3-4-12(20-11)10-16-7-8-17-13(14(16)19)5-6-15-17/h3-8,18H,9-10H2. The van der Waals surface area contributed by atoms with Crippen LogP contribution in [-0.4, -0.2) is 25.9 Å². The number of thiophene rings is 1. The Bertz CT molecular complexity index is 864. The highest BCUT2D eigenvalue weighted by molar-refractivity contribution is 7.12. The fraction of sp³-hybridized carbons (Fsp3) is 0.143. The summed E-state index contributed by atoms with van der Waals surface area (Å²) in [6.45, 7) is 0.358. The molecule has 0 aliphatic rings. The molecule has 0 aromatic carbocycles. The van der Waals surface area contributed by atoms with Gasteiger partial charge in [-0.25, -0.2) is 4.52 Å². The van der Waals surface area contributed by atoms with Crippen LogP contribution in [0, 0.1) is 11.8 Å². The summed E-state index contributed by atoms with van der Waals surface area (Å²) in [6, 6.07) is 5.54. The minimum absolute atomic E-state index is 0.0682. The van der Waals surface area contributed by atoms with Gasteiger partial charge >= 0.3 is 0 Å². The first-order valence-corrected chi connectivity index (χ1v) is 6.81. The van der Waals surface area contributed by atoms with Gasteiger partial charge in [0.05, 0.1) is 17.6 Å². The molecule has 0 bridgehead atoms. The summed E-state index contributed by atoms with van der Waals surface area (Å²) in [6.07, 6.45) is 5.09. The van der Waals surface area contributed by atoms with Crippen molar-refractivity contribution in [1.82, 2.24) is 14.2 Å². The first-order chi connectivity index (χ1) is 9.78. The van der Waals surface area contributed by atoms with Crippen molar-refractivity contribution in [2.75, 3.05) is 6.61 Å². The smallest absolute Gasteiger partial charge is 0.276 e. The maximum atomic E-state index is 12.2. The maximum Gasteiger partial charge on any atom is 0.276 e. The molecule has 3 heterocycles. The van der Waals surface area contributed by atoms with E-state index in [0.717, 1.165) is 9.75 Å². The fourth-order valence-corrected chi connectivity index (χ4v) is 2.79. The van der Waals surface area contributed by atoms with Crippen LogP contribution in [0.2, 0.25) is 0 Å². The number of fused-ring (bicyclic) bond motifs is 1. The van der Waals surface area contributed by atoms with Crippen molar-refractivity contribution in [2.24, 2.45) is 0 Å². The molecular weight excluding hydrogens is 274 g/mol. The third-order valence-electron chi connectivity index (χ3n) is 2.82. The van der Waals surface area contributed by atoms with Crippen LogP contribution in [0.1, 0.15) is 9.75 Å². The van der Waals surface area contributed by atoms with Gasteiger partial charge in [-0.15, -0.1) is 11.3 Å². The Hall–Kier alpha value is -2.36. The summed E-state index contributed by atoms with van der Waals surface area (Å²) in [5.41, 5.74) is 0.491. The molecule has 0 unspecified atom stereocenters. The van der Waals surface area contributed by atoms with Crippen molar-refractivity contribution < 1.29 is 5.11 Å². The van der Waals surface area contributed by atoms with Gasteiger partial charge in [0.25, 0.3) is 5.56 Å². The lowest BCUT2D eigenvalue weighted by molar-refractivity contribution is 0.350. The highest BCUT2D eigenvalue weighted by Crippen LogP contribution is 2.16. The SMILES string of the molecule is O=c1c2ccnn2ccn1Cc1ccc(C#CCO)s1. The summed E-state index contributed by atoms with van der Waals surface area (Å²) >= 11 is 1.52. The zero-order chi connectivity index (χ0) is 13.9. The lowest BCUT2D eigenvalue weighted by Gasteiger charge is -2.03. The molecule has 0 spiro atoms. The average Bonchev–Trinajstić information content (AvgIpc) is 3.09. The topological polar surface area (TPSA) is 59.5 Å². The predicted molar refractivity (Wildman–Crippen MR) is 76.8 cm³/mol. The van der Waals surface area contributed by atoms with E-state index in [2.05, 4.69) is 16.9 Å². The highest BCUT2D eigenvalue weighted by atomic mass is 32.1. The molecule has 0 atom stereocenters. The maximum absolute atomic E-state index is 12.2. The van der Waals surface area contributed by atoms with Gasteiger partial charge in [-0.05, 0) is 18.2 Å². The van der Waals surface area contributed by atoms with E-state index in [1.807, 2.05) is 12.1 Å². The Morgan fingerprint density at radius 3 is 3.05 bits per heavy atom. The first kappa shape index (κ1) is 12.7. The Morgan fingerprint density at radius 1 is 1.30 bits per heavy atom. The minimum atomic E-state index is -0.148. The molecule has 0 fully saturated rings. The van der Waals surface area contributed by atoms with E-state index in [1.54, 1.807) is 33.7 Å². The summed E-state index contributed by atoms with van der Waals surface area (Å²) in [4.78, 5) is 14.1. The van der Waals surface area contributed by atoms with Crippen LogP contribution in [0.25, 0.3) is 5.52 Å². The van der Waals surface area contributed by atoms with Crippen LogP contribution in [0.4, 0.5) is 0 Å². The molecule has 0 aliphatic heterocycles. The number of aliphatic hydroxyl groups excluding tert-OH is 1. The molecule has 0 saturated carbocycles. The van der Waals surface area contributed by atoms with Crippen LogP contribution in [0.3, 0.4) is 0 Å². The van der Waals surface area contributed by atoms with E-state index in [9.17, 15) is 4.79 Å². The summed E-state index contributed by atoms with van der Waals surface area (Å²) in [5.74, 6) is 5.47. The van der Waals surface area contributed by atoms with Crippen molar-refractivity contribution in [2.45, 2.75) is 6.54 Å². The number of rotatable bonds is 2. The lowest BCUT2D eigenvalue weighted by Crippen LogP contribution is -2.21. The molecule has 3 rings (SSSR count). The number of hydrogen-bond acceptors (Lipinski definition) is 4. The molecule has 6 heteroatoms. The number of aliphatic hydroxyl groups is 1. The minimum Gasteiger partial charge on any atom is -0.384 e. The average molecular weight is 285 g/mol. The van der Waals surface area contributed by atoms with E-state index < -0.39 is 0 Å². The van der Waals surface area contributed by atoms with Gasteiger partial charge < -0.3 is 9.67 Å². The molecule has 1 N–H and O–H groups in total. The zero-order valence-electron chi connectivity index (χ0n) is 10.5. The van der Waals surface area contributed by atoms with Crippen molar-refractivity contribution in [1.29, 1.82) is 0 Å². The quantitative estimate of drug-likeness (QED) is 0.713. The van der Waals surface area contributed by atoms with Crippen LogP contribution >= 0.6 is 11.3 Å². The molecule has 20 heavy (non-hydrogen) atoms.